The third kappa shape index (κ3) is 3.20. The molecule has 1 amide bonds. The van der Waals surface area contributed by atoms with E-state index in [2.05, 4.69) is 0 Å². The highest BCUT2D eigenvalue weighted by atomic mass is 19.4. The van der Waals surface area contributed by atoms with Crippen molar-refractivity contribution < 1.29 is 23.1 Å². The van der Waals surface area contributed by atoms with Gasteiger partial charge in [0, 0.05) is 6.61 Å². The fourth-order valence-electron chi connectivity index (χ4n) is 1.61. The molecule has 3 N–H and O–H groups in total. The van der Waals surface area contributed by atoms with Crippen LogP contribution in [0.5, 0.6) is 0 Å². The second-order valence-corrected chi connectivity index (χ2v) is 3.53. The van der Waals surface area contributed by atoms with Gasteiger partial charge in [-0.25, -0.2) is 0 Å². The van der Waals surface area contributed by atoms with Gasteiger partial charge in [0.05, 0.1) is 11.1 Å². The summed E-state index contributed by atoms with van der Waals surface area (Å²) in [6.45, 7) is -0.158. The minimum Gasteiger partial charge on any atom is -0.396 e. The van der Waals surface area contributed by atoms with Crippen molar-refractivity contribution in [3.63, 3.8) is 0 Å². The molecule has 0 bridgehead atoms. The average Bonchev–Trinajstić information content (AvgIpc) is 2.24. The largest absolute Gasteiger partial charge is 0.417 e. The van der Waals surface area contributed by atoms with Gasteiger partial charge in [0.15, 0.2) is 0 Å². The Bertz CT molecular complexity index is 416. The van der Waals surface area contributed by atoms with Crippen LogP contribution in [0.15, 0.2) is 18.2 Å². The zero-order valence-electron chi connectivity index (χ0n) is 8.92. The molecular weight excluding hydrogens is 235 g/mol. The molecule has 0 heterocycles. The first kappa shape index (κ1) is 13.5. The van der Waals surface area contributed by atoms with E-state index >= 15 is 0 Å². The Hall–Kier alpha value is -1.56. The van der Waals surface area contributed by atoms with Crippen molar-refractivity contribution in [2.24, 2.45) is 5.73 Å². The average molecular weight is 247 g/mol. The molecule has 0 fully saturated rings. The number of aryl methyl sites for hydroxylation is 1. The summed E-state index contributed by atoms with van der Waals surface area (Å²) in [5, 5.41) is 8.65. The van der Waals surface area contributed by atoms with Crippen LogP contribution in [0, 0.1) is 0 Å². The number of rotatable bonds is 4. The lowest BCUT2D eigenvalue weighted by Gasteiger charge is -2.14. The Morgan fingerprint density at radius 3 is 2.47 bits per heavy atom. The van der Waals surface area contributed by atoms with Crippen molar-refractivity contribution in [3.8, 4) is 0 Å². The van der Waals surface area contributed by atoms with Crippen molar-refractivity contribution in [2.45, 2.75) is 19.0 Å². The minimum absolute atomic E-state index is 0.158. The molecular formula is C11H12F3NO2. The standard InChI is InChI=1S/C11H12F3NO2/c12-11(13,14)8-5-1-3-7(4-2-6-16)9(8)10(15)17/h1,3,5,16H,2,4,6H2,(H2,15,17). The van der Waals surface area contributed by atoms with Gasteiger partial charge in [-0.15, -0.1) is 0 Å². The quantitative estimate of drug-likeness (QED) is 0.851. The van der Waals surface area contributed by atoms with Gasteiger partial charge in [-0.3, -0.25) is 4.79 Å². The van der Waals surface area contributed by atoms with Crippen LogP contribution in [-0.2, 0) is 12.6 Å². The molecule has 0 spiro atoms. The predicted octanol–water partition coefficient (Wildman–Crippen LogP) is 1.73. The van der Waals surface area contributed by atoms with Crippen LogP contribution in [0.25, 0.3) is 0 Å². The van der Waals surface area contributed by atoms with Crippen LogP contribution in [0.1, 0.15) is 27.9 Å². The van der Waals surface area contributed by atoms with Gasteiger partial charge in [0.1, 0.15) is 0 Å². The van der Waals surface area contributed by atoms with Crippen molar-refractivity contribution in [1.29, 1.82) is 0 Å². The SMILES string of the molecule is NC(=O)c1c(CCCO)cccc1C(F)(F)F. The summed E-state index contributed by atoms with van der Waals surface area (Å²) in [6.07, 6.45) is -4.15. The maximum absolute atomic E-state index is 12.7. The summed E-state index contributed by atoms with van der Waals surface area (Å²) in [4.78, 5) is 11.1. The summed E-state index contributed by atoms with van der Waals surface area (Å²) < 4.78 is 38.0. The molecule has 0 radical (unpaired) electrons. The molecule has 0 unspecified atom stereocenters. The van der Waals surface area contributed by atoms with Gasteiger partial charge in [0.25, 0.3) is 0 Å². The second kappa shape index (κ2) is 5.18. The van der Waals surface area contributed by atoms with Gasteiger partial charge in [-0.05, 0) is 24.5 Å². The third-order valence-electron chi connectivity index (χ3n) is 2.31. The highest BCUT2D eigenvalue weighted by Crippen LogP contribution is 2.33. The van der Waals surface area contributed by atoms with E-state index in [4.69, 9.17) is 10.8 Å². The number of aliphatic hydroxyl groups is 1. The van der Waals surface area contributed by atoms with E-state index in [0.717, 1.165) is 6.07 Å². The van der Waals surface area contributed by atoms with Crippen LogP contribution >= 0.6 is 0 Å². The number of nitrogens with two attached hydrogens (primary N) is 1. The maximum atomic E-state index is 12.7. The second-order valence-electron chi connectivity index (χ2n) is 3.53. The van der Waals surface area contributed by atoms with E-state index in [1.54, 1.807) is 0 Å². The van der Waals surface area contributed by atoms with Gasteiger partial charge in [0.2, 0.25) is 5.91 Å². The first-order valence-corrected chi connectivity index (χ1v) is 4.97. The molecule has 0 aliphatic heterocycles. The van der Waals surface area contributed by atoms with Gasteiger partial charge in [-0.2, -0.15) is 13.2 Å². The van der Waals surface area contributed by atoms with Crippen molar-refractivity contribution in [1.82, 2.24) is 0 Å². The predicted molar refractivity (Wildman–Crippen MR) is 55.4 cm³/mol. The Kier molecular flexibility index (Phi) is 4.11. The van der Waals surface area contributed by atoms with E-state index < -0.39 is 23.2 Å². The van der Waals surface area contributed by atoms with Crippen molar-refractivity contribution >= 4 is 5.91 Å². The molecule has 6 heteroatoms. The van der Waals surface area contributed by atoms with Crippen LogP contribution < -0.4 is 5.73 Å². The summed E-state index contributed by atoms with van der Waals surface area (Å²) in [5.41, 5.74) is 3.66. The number of halogens is 3. The number of hydrogen-bond acceptors (Lipinski definition) is 2. The number of hydrogen-bond donors (Lipinski definition) is 2. The fourth-order valence-corrected chi connectivity index (χ4v) is 1.61. The lowest BCUT2D eigenvalue weighted by atomic mass is 9.97. The Morgan fingerprint density at radius 1 is 1.35 bits per heavy atom. The van der Waals surface area contributed by atoms with Gasteiger partial charge >= 0.3 is 6.18 Å². The molecule has 1 aromatic carbocycles. The summed E-state index contributed by atoms with van der Waals surface area (Å²) in [7, 11) is 0. The minimum atomic E-state index is -4.61. The third-order valence-corrected chi connectivity index (χ3v) is 2.31. The monoisotopic (exact) mass is 247 g/mol. The van der Waals surface area contributed by atoms with Crippen LogP contribution in [-0.4, -0.2) is 17.6 Å². The van der Waals surface area contributed by atoms with Crippen LogP contribution in [0.3, 0.4) is 0 Å². The Morgan fingerprint density at radius 2 is 2.00 bits per heavy atom. The highest BCUT2D eigenvalue weighted by Gasteiger charge is 2.35. The molecule has 0 aliphatic rings. The summed E-state index contributed by atoms with van der Waals surface area (Å²) in [5.74, 6) is -1.11. The van der Waals surface area contributed by atoms with E-state index in [1.165, 1.54) is 12.1 Å². The molecule has 0 saturated heterocycles. The number of alkyl halides is 3. The van der Waals surface area contributed by atoms with E-state index in [9.17, 15) is 18.0 Å². The smallest absolute Gasteiger partial charge is 0.396 e. The maximum Gasteiger partial charge on any atom is 0.417 e. The number of carbonyl (C=O) groups is 1. The number of aliphatic hydroxyl groups excluding tert-OH is 1. The topological polar surface area (TPSA) is 63.3 Å². The first-order chi connectivity index (χ1) is 7.88. The lowest BCUT2D eigenvalue weighted by molar-refractivity contribution is -0.138. The van der Waals surface area contributed by atoms with Gasteiger partial charge in [-0.1, -0.05) is 12.1 Å². The van der Waals surface area contributed by atoms with E-state index in [1.807, 2.05) is 0 Å². The lowest BCUT2D eigenvalue weighted by Crippen LogP contribution is -2.21. The fraction of sp³-hybridized carbons (Fsp3) is 0.364. The summed E-state index contributed by atoms with van der Waals surface area (Å²) in [6, 6.07) is 3.45. The molecule has 1 aromatic rings. The van der Waals surface area contributed by atoms with E-state index in [0.29, 0.717) is 0 Å². The first-order valence-electron chi connectivity index (χ1n) is 4.97. The number of primary amides is 1. The molecule has 0 aliphatic carbocycles. The van der Waals surface area contributed by atoms with Crippen molar-refractivity contribution in [2.75, 3.05) is 6.61 Å². The van der Waals surface area contributed by atoms with Crippen molar-refractivity contribution in [3.05, 3.63) is 34.9 Å². The summed E-state index contributed by atoms with van der Waals surface area (Å²) >= 11 is 0. The molecule has 0 aromatic heterocycles. The zero-order chi connectivity index (χ0) is 13.1. The normalized spacial score (nSPS) is 11.5. The molecule has 94 valence electrons. The molecule has 17 heavy (non-hydrogen) atoms. The zero-order valence-corrected chi connectivity index (χ0v) is 8.92. The molecule has 1 rings (SSSR count). The molecule has 0 atom stereocenters. The number of benzene rings is 1. The van der Waals surface area contributed by atoms with Crippen LogP contribution in [0.4, 0.5) is 13.2 Å². The Balaban J connectivity index is 3.27. The highest BCUT2D eigenvalue weighted by molar-refractivity contribution is 5.96. The number of amides is 1. The van der Waals surface area contributed by atoms with Gasteiger partial charge < -0.3 is 10.8 Å². The van der Waals surface area contributed by atoms with Crippen LogP contribution in [0.2, 0.25) is 0 Å². The van der Waals surface area contributed by atoms with E-state index in [-0.39, 0.29) is 25.0 Å². The molecule has 3 nitrogen and oxygen atoms in total. The Labute approximate surface area is 96.0 Å². The molecule has 0 saturated carbocycles. The number of carbonyl (C=O) groups excluding carboxylic acids is 1.